The van der Waals surface area contributed by atoms with Crippen LogP contribution in [0.15, 0.2) is 59.0 Å². The third-order valence-corrected chi connectivity index (χ3v) is 5.80. The zero-order valence-corrected chi connectivity index (χ0v) is 16.3. The number of sulfone groups is 1. The van der Waals surface area contributed by atoms with Crippen molar-refractivity contribution in [2.24, 2.45) is 0 Å². The van der Waals surface area contributed by atoms with Crippen LogP contribution in [0.5, 0.6) is 0 Å². The molecule has 0 radical (unpaired) electrons. The van der Waals surface area contributed by atoms with Crippen molar-refractivity contribution in [1.82, 2.24) is 0 Å². The van der Waals surface area contributed by atoms with Crippen LogP contribution in [0.25, 0.3) is 6.08 Å². The average molecular weight is 372 g/mol. The number of ether oxygens (including phenoxy) is 1. The Bertz CT molecular complexity index is 890. The van der Waals surface area contributed by atoms with Crippen molar-refractivity contribution in [3.8, 4) is 0 Å². The van der Waals surface area contributed by atoms with Crippen molar-refractivity contribution in [3.05, 3.63) is 70.8 Å². The second kappa shape index (κ2) is 8.32. The van der Waals surface area contributed by atoms with Crippen LogP contribution in [0.4, 0.5) is 0 Å². The second-order valence-electron chi connectivity index (χ2n) is 6.55. The Labute approximate surface area is 155 Å². The monoisotopic (exact) mass is 372 g/mol. The molecule has 2 aromatic carbocycles. The van der Waals surface area contributed by atoms with Gasteiger partial charge < -0.3 is 4.74 Å². The first kappa shape index (κ1) is 19.9. The molecule has 0 saturated carbocycles. The molecule has 0 N–H and O–H groups in total. The molecule has 138 valence electrons. The molecule has 0 aliphatic rings. The fourth-order valence-electron chi connectivity index (χ4n) is 2.50. The fourth-order valence-corrected chi connectivity index (χ4v) is 3.83. The predicted octanol–water partition coefficient (Wildman–Crippen LogP) is 4.15. The van der Waals surface area contributed by atoms with Gasteiger partial charge in [0, 0.05) is 0 Å². The van der Waals surface area contributed by atoms with Crippen molar-refractivity contribution in [1.29, 1.82) is 0 Å². The van der Waals surface area contributed by atoms with E-state index in [1.54, 1.807) is 30.3 Å². The highest BCUT2D eigenvalue weighted by atomic mass is 32.2. The molecule has 2 aromatic rings. The van der Waals surface area contributed by atoms with Crippen molar-refractivity contribution in [3.63, 3.8) is 0 Å². The summed E-state index contributed by atoms with van der Waals surface area (Å²) in [6.45, 7) is 6.08. The number of carbonyl (C=O) groups is 1. The minimum absolute atomic E-state index is 0.102. The van der Waals surface area contributed by atoms with Crippen molar-refractivity contribution >= 4 is 21.9 Å². The Morgan fingerprint density at radius 3 is 2.12 bits per heavy atom. The number of rotatable bonds is 6. The quantitative estimate of drug-likeness (QED) is 0.565. The number of carbonyl (C=O) groups excluding carboxylic acids is 1. The van der Waals surface area contributed by atoms with Crippen molar-refractivity contribution < 1.29 is 17.9 Å². The number of methoxy groups -OCH3 is 1. The number of hydrogen-bond donors (Lipinski definition) is 0. The second-order valence-corrected chi connectivity index (χ2v) is 8.54. The Hall–Kier alpha value is -2.40. The van der Waals surface area contributed by atoms with Gasteiger partial charge in [-0.1, -0.05) is 55.8 Å². The molecule has 0 saturated heterocycles. The highest BCUT2D eigenvalue weighted by Gasteiger charge is 2.21. The molecule has 4 nitrogen and oxygen atoms in total. The Morgan fingerprint density at radius 1 is 1.04 bits per heavy atom. The molecule has 0 aromatic heterocycles. The lowest BCUT2D eigenvalue weighted by Gasteiger charge is -2.09. The van der Waals surface area contributed by atoms with Gasteiger partial charge in [-0.3, -0.25) is 0 Å². The molecule has 0 amide bonds. The molecule has 0 atom stereocenters. The van der Waals surface area contributed by atoms with Gasteiger partial charge in [0.2, 0.25) is 0 Å². The fraction of sp³-hybridized carbons (Fsp3) is 0.286. The van der Waals surface area contributed by atoms with E-state index < -0.39 is 21.6 Å². The molecule has 0 fully saturated rings. The summed E-state index contributed by atoms with van der Waals surface area (Å²) in [6.07, 6.45) is 1.57. The van der Waals surface area contributed by atoms with E-state index >= 15 is 0 Å². The maximum Gasteiger partial charge on any atom is 0.334 e. The SMILES string of the molecule is COC(=O)/C(=C/c1ccc(C(C)C)cc1)CS(=O)(=O)c1ccc(C)cc1. The third-order valence-electron chi connectivity index (χ3n) is 4.12. The summed E-state index contributed by atoms with van der Waals surface area (Å²) in [4.78, 5) is 12.3. The number of esters is 1. The van der Waals surface area contributed by atoms with Crippen LogP contribution in [0.1, 0.15) is 36.5 Å². The van der Waals surface area contributed by atoms with Gasteiger partial charge in [-0.2, -0.15) is 0 Å². The lowest BCUT2D eigenvalue weighted by atomic mass is 10.0. The highest BCUT2D eigenvalue weighted by Crippen LogP contribution is 2.20. The Balaban J connectivity index is 2.35. The van der Waals surface area contributed by atoms with Crippen LogP contribution in [-0.4, -0.2) is 27.2 Å². The summed E-state index contributed by atoms with van der Waals surface area (Å²) in [5.41, 5.74) is 3.01. The van der Waals surface area contributed by atoms with Crippen LogP contribution in [0.2, 0.25) is 0 Å². The predicted molar refractivity (Wildman–Crippen MR) is 104 cm³/mol. The molecule has 0 unspecified atom stereocenters. The minimum atomic E-state index is -3.64. The largest absolute Gasteiger partial charge is 0.466 e. The highest BCUT2D eigenvalue weighted by molar-refractivity contribution is 7.91. The smallest absolute Gasteiger partial charge is 0.334 e. The van der Waals surface area contributed by atoms with Crippen LogP contribution in [0.3, 0.4) is 0 Å². The molecule has 0 bridgehead atoms. The van der Waals surface area contributed by atoms with Crippen molar-refractivity contribution in [2.75, 3.05) is 12.9 Å². The number of benzene rings is 2. The standard InChI is InChI=1S/C21H24O4S/c1-15(2)18-9-7-17(8-10-18)13-19(21(22)25-4)14-26(23,24)20-11-5-16(3)6-12-20/h5-13,15H,14H2,1-4H3/b19-13+. The summed E-state index contributed by atoms with van der Waals surface area (Å²) in [7, 11) is -2.40. The van der Waals surface area contributed by atoms with Gasteiger partial charge in [-0.05, 0) is 42.2 Å². The summed E-state index contributed by atoms with van der Waals surface area (Å²) in [5, 5.41) is 0. The van der Waals surface area contributed by atoms with Gasteiger partial charge >= 0.3 is 5.97 Å². The average Bonchev–Trinajstić information content (AvgIpc) is 2.61. The zero-order chi connectivity index (χ0) is 19.3. The van der Waals surface area contributed by atoms with E-state index in [9.17, 15) is 13.2 Å². The topological polar surface area (TPSA) is 60.4 Å². The van der Waals surface area contributed by atoms with E-state index in [4.69, 9.17) is 4.74 Å². The molecule has 0 aliphatic carbocycles. The minimum Gasteiger partial charge on any atom is -0.466 e. The van der Waals surface area contributed by atoms with Crippen LogP contribution < -0.4 is 0 Å². The van der Waals surface area contributed by atoms with E-state index in [0.29, 0.717) is 5.92 Å². The first-order chi connectivity index (χ1) is 12.2. The van der Waals surface area contributed by atoms with E-state index in [-0.39, 0.29) is 10.5 Å². The van der Waals surface area contributed by atoms with E-state index in [2.05, 4.69) is 13.8 Å². The lowest BCUT2D eigenvalue weighted by Crippen LogP contribution is -2.16. The van der Waals surface area contributed by atoms with Crippen LogP contribution >= 0.6 is 0 Å². The zero-order valence-electron chi connectivity index (χ0n) is 15.5. The molecule has 2 rings (SSSR count). The molecule has 0 spiro atoms. The molecule has 0 aliphatic heterocycles. The van der Waals surface area contributed by atoms with Gasteiger partial charge in [0.05, 0.1) is 23.3 Å². The molecular weight excluding hydrogens is 348 g/mol. The Kier molecular flexibility index (Phi) is 6.37. The summed E-state index contributed by atoms with van der Waals surface area (Å²) in [5.74, 6) is -0.655. The summed E-state index contributed by atoms with van der Waals surface area (Å²) >= 11 is 0. The first-order valence-corrected chi connectivity index (χ1v) is 10.1. The van der Waals surface area contributed by atoms with Crippen LogP contribution in [0, 0.1) is 6.92 Å². The molecule has 5 heteroatoms. The maximum atomic E-state index is 12.7. The molecule has 26 heavy (non-hydrogen) atoms. The molecule has 0 heterocycles. The number of hydrogen-bond acceptors (Lipinski definition) is 4. The summed E-state index contributed by atoms with van der Waals surface area (Å²) < 4.78 is 30.1. The Morgan fingerprint density at radius 2 is 1.62 bits per heavy atom. The normalized spacial score (nSPS) is 12.3. The van der Waals surface area contributed by atoms with E-state index in [1.165, 1.54) is 12.7 Å². The van der Waals surface area contributed by atoms with Crippen molar-refractivity contribution in [2.45, 2.75) is 31.6 Å². The van der Waals surface area contributed by atoms with E-state index in [1.807, 2.05) is 31.2 Å². The maximum absolute atomic E-state index is 12.7. The van der Waals surface area contributed by atoms with Crippen LogP contribution in [-0.2, 0) is 19.4 Å². The number of aryl methyl sites for hydroxylation is 1. The summed E-state index contributed by atoms with van der Waals surface area (Å²) in [6, 6.07) is 14.3. The van der Waals surface area contributed by atoms with Gasteiger partial charge in [0.25, 0.3) is 0 Å². The van der Waals surface area contributed by atoms with Gasteiger partial charge in [-0.25, -0.2) is 13.2 Å². The van der Waals surface area contributed by atoms with E-state index in [0.717, 1.165) is 11.1 Å². The lowest BCUT2D eigenvalue weighted by molar-refractivity contribution is -0.135. The molecular formula is C21H24O4S. The van der Waals surface area contributed by atoms with Gasteiger partial charge in [0.1, 0.15) is 0 Å². The van der Waals surface area contributed by atoms with Gasteiger partial charge in [0.15, 0.2) is 9.84 Å². The first-order valence-electron chi connectivity index (χ1n) is 8.41. The van der Waals surface area contributed by atoms with Gasteiger partial charge in [-0.15, -0.1) is 0 Å². The third kappa shape index (κ3) is 5.05.